The van der Waals surface area contributed by atoms with E-state index in [0.29, 0.717) is 5.95 Å². The fraction of sp³-hybridized carbons (Fsp3) is 0.438. The molecule has 8 nitrogen and oxygen atoms in total. The van der Waals surface area contributed by atoms with E-state index in [1.54, 1.807) is 0 Å². The van der Waals surface area contributed by atoms with Gasteiger partial charge < -0.3 is 9.64 Å². The molecule has 10 heteroatoms. The lowest BCUT2D eigenvalue weighted by Gasteiger charge is -2.26. The number of rotatable bonds is 6. The average Bonchev–Trinajstić information content (AvgIpc) is 2.67. The molecule has 0 atom stereocenters. The standard InChI is InChI=1S/C16H20FN5O3S/c1-25-16-20-14(19-15(21-16)22-8-3-2-4-9-22)11-18-26(23,24)13-7-5-6-12(17)10-13/h5-7,10,18H,2-4,8-9,11H2,1H3. The maximum absolute atomic E-state index is 13.3. The summed E-state index contributed by atoms with van der Waals surface area (Å²) in [5.74, 6) is 0.0796. The van der Waals surface area contributed by atoms with Crippen LogP contribution in [0.25, 0.3) is 0 Å². The van der Waals surface area contributed by atoms with Gasteiger partial charge in [-0.3, -0.25) is 0 Å². The number of piperidine rings is 1. The monoisotopic (exact) mass is 381 g/mol. The molecule has 0 aliphatic carbocycles. The molecule has 0 unspecified atom stereocenters. The second-order valence-corrected chi connectivity index (χ2v) is 7.63. The van der Waals surface area contributed by atoms with Crippen molar-refractivity contribution in [2.75, 3.05) is 25.1 Å². The van der Waals surface area contributed by atoms with Crippen molar-refractivity contribution >= 4 is 16.0 Å². The van der Waals surface area contributed by atoms with Gasteiger partial charge in [0, 0.05) is 13.1 Å². The number of hydrogen-bond donors (Lipinski definition) is 1. The van der Waals surface area contributed by atoms with Gasteiger partial charge in [-0.2, -0.15) is 15.0 Å². The Balaban J connectivity index is 1.78. The first-order chi connectivity index (χ1) is 12.5. The van der Waals surface area contributed by atoms with Crippen LogP contribution in [0.4, 0.5) is 10.3 Å². The highest BCUT2D eigenvalue weighted by Crippen LogP contribution is 2.18. The number of ether oxygens (including phenoxy) is 1. The Morgan fingerprint density at radius 2 is 1.96 bits per heavy atom. The van der Waals surface area contributed by atoms with Crippen molar-refractivity contribution in [2.24, 2.45) is 0 Å². The summed E-state index contributed by atoms with van der Waals surface area (Å²) in [6.07, 6.45) is 3.27. The van der Waals surface area contributed by atoms with E-state index in [9.17, 15) is 12.8 Å². The number of aromatic nitrogens is 3. The number of sulfonamides is 1. The second kappa shape index (κ2) is 7.92. The quantitative estimate of drug-likeness (QED) is 0.809. The Kier molecular flexibility index (Phi) is 5.62. The maximum atomic E-state index is 13.3. The van der Waals surface area contributed by atoms with Gasteiger partial charge in [0.15, 0.2) is 5.82 Å². The molecule has 0 spiro atoms. The summed E-state index contributed by atoms with van der Waals surface area (Å²) in [7, 11) is -2.44. The van der Waals surface area contributed by atoms with Crippen molar-refractivity contribution in [1.82, 2.24) is 19.7 Å². The van der Waals surface area contributed by atoms with Crippen LogP contribution >= 0.6 is 0 Å². The first kappa shape index (κ1) is 18.5. The van der Waals surface area contributed by atoms with Crippen LogP contribution in [0.1, 0.15) is 25.1 Å². The molecule has 1 aromatic carbocycles. The average molecular weight is 381 g/mol. The Morgan fingerprint density at radius 1 is 1.19 bits per heavy atom. The molecule has 0 radical (unpaired) electrons. The lowest BCUT2D eigenvalue weighted by molar-refractivity contribution is 0.374. The SMILES string of the molecule is COc1nc(CNS(=O)(=O)c2cccc(F)c2)nc(N2CCCCC2)n1. The van der Waals surface area contributed by atoms with E-state index in [4.69, 9.17) is 4.74 Å². The van der Waals surface area contributed by atoms with Crippen molar-refractivity contribution in [3.05, 3.63) is 35.9 Å². The highest BCUT2D eigenvalue weighted by atomic mass is 32.2. The highest BCUT2D eigenvalue weighted by Gasteiger charge is 2.19. The Morgan fingerprint density at radius 3 is 2.65 bits per heavy atom. The minimum atomic E-state index is -3.88. The number of halogens is 1. The molecule has 2 heterocycles. The molecule has 1 saturated heterocycles. The van der Waals surface area contributed by atoms with Gasteiger partial charge in [-0.1, -0.05) is 6.07 Å². The first-order valence-corrected chi connectivity index (χ1v) is 9.75. The molecule has 140 valence electrons. The van der Waals surface area contributed by atoms with Gasteiger partial charge in [0.1, 0.15) is 5.82 Å². The van der Waals surface area contributed by atoms with Crippen molar-refractivity contribution < 1.29 is 17.5 Å². The summed E-state index contributed by atoms with van der Waals surface area (Å²) >= 11 is 0. The molecule has 1 aromatic heterocycles. The third-order valence-corrected chi connectivity index (χ3v) is 5.40. The molecule has 0 amide bonds. The topological polar surface area (TPSA) is 97.3 Å². The van der Waals surface area contributed by atoms with E-state index < -0.39 is 15.8 Å². The van der Waals surface area contributed by atoms with Crippen LogP contribution in [0.3, 0.4) is 0 Å². The third-order valence-electron chi connectivity index (χ3n) is 4.00. The molecule has 1 fully saturated rings. The van der Waals surface area contributed by atoms with E-state index in [-0.39, 0.29) is 23.3 Å². The molecule has 0 bridgehead atoms. The summed E-state index contributed by atoms with van der Waals surface area (Å²) in [5.41, 5.74) is 0. The van der Waals surface area contributed by atoms with Gasteiger partial charge in [-0.05, 0) is 37.5 Å². The molecule has 1 aliphatic rings. The number of benzene rings is 1. The molecular formula is C16H20FN5O3S. The van der Waals surface area contributed by atoms with E-state index in [1.165, 1.54) is 31.7 Å². The molecule has 2 aromatic rings. The fourth-order valence-corrected chi connectivity index (χ4v) is 3.68. The molecule has 3 rings (SSSR count). The molecule has 26 heavy (non-hydrogen) atoms. The smallest absolute Gasteiger partial charge is 0.321 e. The Hall–Kier alpha value is -2.33. The largest absolute Gasteiger partial charge is 0.467 e. The van der Waals surface area contributed by atoms with Crippen molar-refractivity contribution in [1.29, 1.82) is 0 Å². The minimum absolute atomic E-state index is 0.125. The third kappa shape index (κ3) is 4.44. The van der Waals surface area contributed by atoms with E-state index >= 15 is 0 Å². The lowest BCUT2D eigenvalue weighted by Crippen LogP contribution is -2.32. The van der Waals surface area contributed by atoms with Crippen molar-refractivity contribution in [3.8, 4) is 6.01 Å². The number of hydrogen-bond acceptors (Lipinski definition) is 7. The molecular weight excluding hydrogens is 361 g/mol. The van der Waals surface area contributed by atoms with Gasteiger partial charge in [-0.15, -0.1) is 0 Å². The number of nitrogens with zero attached hydrogens (tertiary/aromatic N) is 4. The van der Waals surface area contributed by atoms with Crippen molar-refractivity contribution in [2.45, 2.75) is 30.7 Å². The fourth-order valence-electron chi connectivity index (χ4n) is 2.67. The number of methoxy groups -OCH3 is 1. The van der Waals surface area contributed by atoms with Crippen LogP contribution in [0.5, 0.6) is 6.01 Å². The zero-order valence-electron chi connectivity index (χ0n) is 14.4. The maximum Gasteiger partial charge on any atom is 0.321 e. The second-order valence-electron chi connectivity index (χ2n) is 5.87. The van der Waals surface area contributed by atoms with Crippen LogP contribution in [-0.2, 0) is 16.6 Å². The summed E-state index contributed by atoms with van der Waals surface area (Å²) < 4.78 is 45.4. The van der Waals surface area contributed by atoms with Gasteiger partial charge in [-0.25, -0.2) is 17.5 Å². The van der Waals surface area contributed by atoms with E-state index in [0.717, 1.165) is 32.0 Å². The minimum Gasteiger partial charge on any atom is -0.467 e. The van der Waals surface area contributed by atoms with Gasteiger partial charge in [0.2, 0.25) is 16.0 Å². The van der Waals surface area contributed by atoms with Crippen LogP contribution < -0.4 is 14.4 Å². The molecule has 0 saturated carbocycles. The first-order valence-electron chi connectivity index (χ1n) is 8.27. The summed E-state index contributed by atoms with van der Waals surface area (Å²) in [4.78, 5) is 14.5. The Bertz CT molecular complexity index is 872. The van der Waals surface area contributed by atoms with Crippen LogP contribution in [-0.4, -0.2) is 43.6 Å². The summed E-state index contributed by atoms with van der Waals surface area (Å²) in [5, 5.41) is 0. The number of anilines is 1. The van der Waals surface area contributed by atoms with Crippen LogP contribution in [0, 0.1) is 5.82 Å². The van der Waals surface area contributed by atoms with Crippen LogP contribution in [0.15, 0.2) is 29.2 Å². The summed E-state index contributed by atoms with van der Waals surface area (Å²) in [6.45, 7) is 1.52. The highest BCUT2D eigenvalue weighted by molar-refractivity contribution is 7.89. The number of nitrogens with one attached hydrogen (secondary N) is 1. The van der Waals surface area contributed by atoms with Crippen LogP contribution in [0.2, 0.25) is 0 Å². The van der Waals surface area contributed by atoms with E-state index in [1.807, 2.05) is 4.90 Å². The zero-order chi connectivity index (χ0) is 18.6. The zero-order valence-corrected chi connectivity index (χ0v) is 15.2. The molecule has 1 aliphatic heterocycles. The predicted molar refractivity (Wildman–Crippen MR) is 92.9 cm³/mol. The lowest BCUT2D eigenvalue weighted by atomic mass is 10.1. The normalized spacial score (nSPS) is 15.1. The van der Waals surface area contributed by atoms with Crippen molar-refractivity contribution in [3.63, 3.8) is 0 Å². The van der Waals surface area contributed by atoms with Gasteiger partial charge >= 0.3 is 6.01 Å². The van der Waals surface area contributed by atoms with Gasteiger partial charge in [0.25, 0.3) is 0 Å². The summed E-state index contributed by atoms with van der Waals surface area (Å²) in [6, 6.07) is 4.92. The van der Waals surface area contributed by atoms with E-state index in [2.05, 4.69) is 19.7 Å². The molecule has 1 N–H and O–H groups in total. The Labute approximate surface area is 151 Å². The predicted octanol–water partition coefficient (Wildman–Crippen LogP) is 1.49. The van der Waals surface area contributed by atoms with Gasteiger partial charge in [0.05, 0.1) is 18.6 Å².